The minimum absolute atomic E-state index is 0.142. The maximum absolute atomic E-state index is 12.5. The van der Waals surface area contributed by atoms with Crippen LogP contribution in [-0.2, 0) is 16.4 Å². The third kappa shape index (κ3) is 4.24. The molecule has 1 aromatic carbocycles. The number of aromatic amines is 1. The maximum atomic E-state index is 12.5. The molecule has 158 valence electrons. The number of rotatable bonds is 5. The number of H-pyrrole nitrogens is 1. The van der Waals surface area contributed by atoms with Crippen molar-refractivity contribution < 1.29 is 17.9 Å². The van der Waals surface area contributed by atoms with E-state index in [0.717, 1.165) is 32.6 Å². The van der Waals surface area contributed by atoms with Gasteiger partial charge < -0.3 is 14.5 Å². The van der Waals surface area contributed by atoms with E-state index in [1.807, 2.05) is 0 Å². The van der Waals surface area contributed by atoms with Crippen LogP contribution >= 0.6 is 0 Å². The topological polar surface area (TPSA) is 105 Å². The number of nitrogens with zero attached hydrogens (tertiary/aromatic N) is 3. The number of hydrogen-bond acceptors (Lipinski definition) is 8. The van der Waals surface area contributed by atoms with Gasteiger partial charge in [-0.25, -0.2) is 13.4 Å². The largest absolute Gasteiger partial charge is 0.493 e. The number of ether oxygens (including phenoxy) is 2. The molecule has 0 amide bonds. The lowest BCUT2D eigenvalue weighted by Gasteiger charge is -2.37. The summed E-state index contributed by atoms with van der Waals surface area (Å²) in [4.78, 5) is 24.5. The molecule has 0 saturated carbocycles. The van der Waals surface area contributed by atoms with Crippen molar-refractivity contribution in [3.8, 4) is 11.5 Å². The molecule has 0 unspecified atom stereocenters. The summed E-state index contributed by atoms with van der Waals surface area (Å²) < 4.78 is 34.0. The Morgan fingerprint density at radius 2 is 1.83 bits per heavy atom. The minimum atomic E-state index is -2.87. The fraction of sp³-hybridized carbons (Fsp3) is 0.579. The average Bonchev–Trinajstić information content (AvgIpc) is 3.07. The number of nitrogens with one attached hydrogen (secondary N) is 1. The quantitative estimate of drug-likeness (QED) is 0.731. The predicted molar refractivity (Wildman–Crippen MR) is 109 cm³/mol. The molecule has 1 atom stereocenters. The fourth-order valence-electron chi connectivity index (χ4n) is 4.15. The number of fused-ring (bicyclic) bond motifs is 1. The molecule has 0 spiro atoms. The number of hydrogen-bond donors (Lipinski definition) is 1. The highest BCUT2D eigenvalue weighted by Crippen LogP contribution is 2.30. The monoisotopic (exact) mass is 422 g/mol. The predicted octanol–water partition coefficient (Wildman–Crippen LogP) is 0.245. The standard InChI is InChI=1S/C19H26N4O5S/c1-27-16-9-14-15(10-17(16)28-2)20-18(21-19(14)24)11-22-4-6-23(7-5-22)13-3-8-29(25,26)12-13/h9-10,13H,3-8,11-12H2,1-2H3,(H,20,21,24)/t13-/m1/s1. The summed E-state index contributed by atoms with van der Waals surface area (Å²) in [5.74, 6) is 2.20. The molecule has 1 aromatic heterocycles. The van der Waals surface area contributed by atoms with Crippen LogP contribution in [0, 0.1) is 0 Å². The van der Waals surface area contributed by atoms with Crippen molar-refractivity contribution >= 4 is 20.7 Å². The summed E-state index contributed by atoms with van der Waals surface area (Å²) in [6.45, 7) is 3.80. The number of aromatic nitrogens is 2. The third-order valence-corrected chi connectivity index (χ3v) is 7.52. The smallest absolute Gasteiger partial charge is 0.258 e. The first kappa shape index (κ1) is 20.1. The van der Waals surface area contributed by atoms with E-state index >= 15 is 0 Å². The lowest BCUT2D eigenvalue weighted by atomic mass is 10.2. The van der Waals surface area contributed by atoms with Gasteiger partial charge in [0.25, 0.3) is 5.56 Å². The molecule has 2 saturated heterocycles. The van der Waals surface area contributed by atoms with E-state index in [9.17, 15) is 13.2 Å². The van der Waals surface area contributed by atoms with Gasteiger partial charge in [-0.05, 0) is 12.5 Å². The highest BCUT2D eigenvalue weighted by molar-refractivity contribution is 7.91. The zero-order valence-electron chi connectivity index (χ0n) is 16.7. The fourth-order valence-corrected chi connectivity index (χ4v) is 5.91. The van der Waals surface area contributed by atoms with Crippen LogP contribution in [0.2, 0.25) is 0 Å². The minimum Gasteiger partial charge on any atom is -0.493 e. The van der Waals surface area contributed by atoms with Gasteiger partial charge in [0.15, 0.2) is 21.3 Å². The van der Waals surface area contributed by atoms with Gasteiger partial charge in [0.2, 0.25) is 0 Å². The Morgan fingerprint density at radius 1 is 1.14 bits per heavy atom. The molecule has 3 heterocycles. The molecule has 2 fully saturated rings. The van der Waals surface area contributed by atoms with Crippen molar-refractivity contribution in [1.29, 1.82) is 0 Å². The lowest BCUT2D eigenvalue weighted by molar-refractivity contribution is 0.0984. The van der Waals surface area contributed by atoms with E-state index in [0.29, 0.717) is 40.5 Å². The van der Waals surface area contributed by atoms with Crippen molar-refractivity contribution in [2.45, 2.75) is 19.0 Å². The summed E-state index contributed by atoms with van der Waals surface area (Å²) >= 11 is 0. The molecule has 10 heteroatoms. The van der Waals surface area contributed by atoms with Crippen LogP contribution in [0.4, 0.5) is 0 Å². The Morgan fingerprint density at radius 3 is 2.45 bits per heavy atom. The highest BCUT2D eigenvalue weighted by atomic mass is 32.2. The molecular weight excluding hydrogens is 396 g/mol. The van der Waals surface area contributed by atoms with Crippen LogP contribution in [0.1, 0.15) is 12.2 Å². The lowest BCUT2D eigenvalue weighted by Crippen LogP contribution is -2.50. The van der Waals surface area contributed by atoms with Crippen LogP contribution in [0.3, 0.4) is 0 Å². The van der Waals surface area contributed by atoms with Crippen LogP contribution in [0.5, 0.6) is 11.5 Å². The highest BCUT2D eigenvalue weighted by Gasteiger charge is 2.33. The zero-order valence-corrected chi connectivity index (χ0v) is 17.5. The maximum Gasteiger partial charge on any atom is 0.258 e. The molecule has 2 aromatic rings. The summed E-state index contributed by atoms with van der Waals surface area (Å²) in [5, 5.41) is 0.457. The van der Waals surface area contributed by atoms with Crippen LogP contribution in [0.15, 0.2) is 16.9 Å². The van der Waals surface area contributed by atoms with E-state index in [-0.39, 0.29) is 17.4 Å². The molecule has 2 aliphatic rings. The summed E-state index contributed by atoms with van der Waals surface area (Å²) in [7, 11) is 0.209. The number of sulfone groups is 1. The van der Waals surface area contributed by atoms with E-state index in [1.165, 1.54) is 7.11 Å². The molecule has 2 aliphatic heterocycles. The molecule has 0 radical (unpaired) electrons. The number of piperazine rings is 1. The summed E-state index contributed by atoms with van der Waals surface area (Å²) in [6.07, 6.45) is 0.729. The zero-order chi connectivity index (χ0) is 20.6. The Bertz CT molecular complexity index is 1060. The normalized spacial score (nSPS) is 22.8. The van der Waals surface area contributed by atoms with E-state index in [1.54, 1.807) is 19.2 Å². The Balaban J connectivity index is 1.45. The second-order valence-electron chi connectivity index (χ2n) is 7.61. The summed E-state index contributed by atoms with van der Waals surface area (Å²) in [6, 6.07) is 3.49. The van der Waals surface area contributed by atoms with Gasteiger partial charge in [0, 0.05) is 38.3 Å². The first-order valence-electron chi connectivity index (χ1n) is 9.70. The summed E-state index contributed by atoms with van der Waals surface area (Å²) in [5.41, 5.74) is 0.358. The van der Waals surface area contributed by atoms with Crippen molar-refractivity contribution in [3.05, 3.63) is 28.3 Å². The van der Waals surface area contributed by atoms with Crippen molar-refractivity contribution in [1.82, 2.24) is 19.8 Å². The van der Waals surface area contributed by atoms with Gasteiger partial charge in [-0.2, -0.15) is 0 Å². The van der Waals surface area contributed by atoms with Gasteiger partial charge in [-0.15, -0.1) is 0 Å². The van der Waals surface area contributed by atoms with Gasteiger partial charge in [0.05, 0.1) is 43.2 Å². The Hall–Kier alpha value is -2.17. The van der Waals surface area contributed by atoms with Gasteiger partial charge in [0.1, 0.15) is 5.82 Å². The average molecular weight is 423 g/mol. The van der Waals surface area contributed by atoms with Crippen LogP contribution in [-0.4, -0.2) is 86.1 Å². The molecule has 9 nitrogen and oxygen atoms in total. The SMILES string of the molecule is COc1cc2nc(CN3CCN([C@@H]4CCS(=O)(=O)C4)CC3)[nH]c(=O)c2cc1OC. The van der Waals surface area contributed by atoms with E-state index in [4.69, 9.17) is 9.47 Å². The van der Waals surface area contributed by atoms with Crippen molar-refractivity contribution in [3.63, 3.8) is 0 Å². The molecule has 29 heavy (non-hydrogen) atoms. The van der Waals surface area contributed by atoms with Crippen LogP contribution in [0.25, 0.3) is 10.9 Å². The molecule has 4 rings (SSSR count). The van der Waals surface area contributed by atoms with Gasteiger partial charge >= 0.3 is 0 Å². The number of methoxy groups -OCH3 is 2. The number of benzene rings is 1. The first-order valence-corrected chi connectivity index (χ1v) is 11.5. The third-order valence-electron chi connectivity index (χ3n) is 5.76. The van der Waals surface area contributed by atoms with Crippen molar-refractivity contribution in [2.75, 3.05) is 51.9 Å². The Labute approximate surface area is 169 Å². The van der Waals surface area contributed by atoms with Crippen LogP contribution < -0.4 is 15.0 Å². The Kier molecular flexibility index (Phi) is 5.50. The molecular formula is C19H26N4O5S. The molecule has 1 N–H and O–H groups in total. The second-order valence-corrected chi connectivity index (χ2v) is 9.83. The van der Waals surface area contributed by atoms with E-state index in [2.05, 4.69) is 19.8 Å². The van der Waals surface area contributed by atoms with Crippen molar-refractivity contribution in [2.24, 2.45) is 0 Å². The molecule has 0 bridgehead atoms. The van der Waals surface area contributed by atoms with Gasteiger partial charge in [-0.1, -0.05) is 0 Å². The first-order chi connectivity index (χ1) is 13.9. The van der Waals surface area contributed by atoms with Gasteiger partial charge in [-0.3, -0.25) is 14.6 Å². The van der Waals surface area contributed by atoms with E-state index < -0.39 is 9.84 Å². The second kappa shape index (κ2) is 7.92. The molecule has 0 aliphatic carbocycles.